The van der Waals surface area contributed by atoms with Gasteiger partial charge < -0.3 is 15.7 Å². The number of ketones is 1. The molecule has 5 nitrogen and oxygen atoms in total. The van der Waals surface area contributed by atoms with Crippen molar-refractivity contribution in [3.63, 3.8) is 0 Å². The Bertz CT molecular complexity index is 2280. The predicted octanol–water partition coefficient (Wildman–Crippen LogP) is 50.8. The number of Topliss-reactive ketones (excluding diaryl/α,β-unsaturated/α-hetero) is 1. The van der Waals surface area contributed by atoms with Crippen molar-refractivity contribution in [1.29, 1.82) is 0 Å². The van der Waals surface area contributed by atoms with Crippen molar-refractivity contribution < 1.29 is 14.7 Å². The molecule has 1 amide bonds. The fraction of sp³-hybridized carbons (Fsp3) is 0.986. The lowest BCUT2D eigenvalue weighted by Gasteiger charge is -2.23. The van der Waals surface area contributed by atoms with Crippen molar-refractivity contribution in [2.24, 2.45) is 138 Å². The minimum absolute atomic E-state index is 0.0648. The lowest BCUT2D eigenvalue weighted by Crippen LogP contribution is -2.27. The Hall–Kier alpha value is -0.940. The summed E-state index contributed by atoms with van der Waals surface area (Å²) in [4.78, 5) is 24.0. The maximum atomic E-state index is 11.0. The quantitative estimate of drug-likeness (QED) is 0.113. The van der Waals surface area contributed by atoms with Gasteiger partial charge in [-0.2, -0.15) is 0 Å². The van der Waals surface area contributed by atoms with E-state index in [1.54, 1.807) is 0 Å². The van der Waals surface area contributed by atoms with Crippen LogP contribution in [0.1, 0.15) is 739 Å². The number of carbonyl (C=O) groups excluding carboxylic acids is 2. The first-order chi connectivity index (χ1) is 62.8. The largest absolute Gasteiger partial charge is 0.396 e. The highest BCUT2D eigenvalue weighted by atomic mass is 16.3. The molecule has 0 heterocycles. The number of aliphatic hydroxyl groups is 1. The first-order valence-electron chi connectivity index (χ1n) is 60.8. The standard InChI is InChI=1S/C10H21NO.C9H20O.C9H20.C8H16O.3C8H18.C7H17N.6C7H16.5C6H14/c1-5-6-8(9(11)12)7-10(2,3)4;1-8(5-6-10)7-9(2,3)4;1-6-8(2)7-9(3,4)5;1-5-7(9)6-8(2,3)4;3*1-5-6-7-8(2,3)4;1-7(2,3)6-8(4)5;2*1-6(2)7(3,4)5;4*1-5-6-7(2,3)4;5*1-5-6(2,3)4/h8H,5-7H2,1-4H3,(H2,11,12);8,10H,5-7H2,1-4H3;8H,6-7H2,1-5H3;5-6H2,1-4H3;3*5-7H2,1-4H3;6H2,1-5H3;2*6H,1-5H3;4*5-6H2,1-4H3;5*5H2,1-4H3. The first-order valence-corrected chi connectivity index (χ1v) is 60.8. The highest BCUT2D eigenvalue weighted by Crippen LogP contribution is 2.32. The third-order valence-electron chi connectivity index (χ3n) is 23.7. The summed E-state index contributed by atoms with van der Waals surface area (Å²) in [6.45, 7) is 176. The average Bonchev–Trinajstić information content (AvgIpc) is 0.908. The second kappa shape index (κ2) is 97.7. The maximum absolute atomic E-state index is 11.0. The molecule has 5 heteroatoms. The molecule has 144 heavy (non-hydrogen) atoms. The monoisotopic (exact) mass is 2060 g/mol. The van der Waals surface area contributed by atoms with Gasteiger partial charge in [-0.1, -0.05) is 649 Å². The SMILES string of the molecule is CC(C)C(C)(C)C.CC(C)C(C)(C)C.CC(CCO)CC(C)(C)C.CCC(=O)CC(C)(C)C.CCC(C)(C)C.CCC(C)(C)C.CCC(C)(C)C.CCC(C)(C)C.CCC(C)(C)C.CCC(C)CC(C)(C)C.CCCC(C)(C)C.CCCC(C)(C)C.CCCC(C)(C)C.CCCC(C)(C)C.CCCC(CC(C)(C)C)C(N)=O.CCCCC(C)(C)C.CCCCC(C)(C)C.CCCCC(C)(C)C.CN(C)CC(C)(C)C. The van der Waals surface area contributed by atoms with Crippen molar-refractivity contribution in [2.45, 2.75) is 739 Å². The van der Waals surface area contributed by atoms with Crippen LogP contribution in [0.5, 0.6) is 0 Å². The predicted molar refractivity (Wildman–Crippen MR) is 689 cm³/mol. The number of rotatable bonds is 22. The summed E-state index contributed by atoms with van der Waals surface area (Å²) in [5.41, 5.74) is 14.6. The Morgan fingerprint density at radius 3 is 0.493 bits per heavy atom. The van der Waals surface area contributed by atoms with E-state index in [1.165, 1.54) is 161 Å². The van der Waals surface area contributed by atoms with Gasteiger partial charge in [0.05, 0.1) is 0 Å². The minimum Gasteiger partial charge on any atom is -0.396 e. The zero-order valence-corrected chi connectivity index (χ0v) is 119. The Kier molecular flexibility index (Phi) is 127. The minimum atomic E-state index is -0.147. The highest BCUT2D eigenvalue weighted by Gasteiger charge is 2.24. The zero-order valence-electron chi connectivity index (χ0n) is 119. The van der Waals surface area contributed by atoms with Crippen LogP contribution in [0, 0.1) is 132 Å². The summed E-state index contributed by atoms with van der Waals surface area (Å²) in [5.74, 6) is 3.43. The molecule has 3 N–H and O–H groups in total. The molecule has 0 spiro atoms. The second-order valence-corrected chi connectivity index (χ2v) is 66.6. The molecule has 0 aromatic heterocycles. The molecule has 0 fully saturated rings. The van der Waals surface area contributed by atoms with E-state index in [0.717, 1.165) is 50.0 Å². The number of aliphatic hydroxyl groups excluding tert-OH is 1. The van der Waals surface area contributed by atoms with Crippen LogP contribution in [0.3, 0.4) is 0 Å². The van der Waals surface area contributed by atoms with Crippen molar-refractivity contribution in [3.8, 4) is 0 Å². The lowest BCUT2D eigenvalue weighted by molar-refractivity contribution is -0.123. The van der Waals surface area contributed by atoms with Gasteiger partial charge in [0.2, 0.25) is 5.91 Å². The van der Waals surface area contributed by atoms with E-state index >= 15 is 0 Å². The smallest absolute Gasteiger partial charge is 0.220 e. The number of hydrogen-bond acceptors (Lipinski definition) is 4. The summed E-state index contributed by atoms with van der Waals surface area (Å²) in [5, 5.41) is 8.63. The van der Waals surface area contributed by atoms with E-state index in [1.807, 2.05) is 6.92 Å². The van der Waals surface area contributed by atoms with Crippen molar-refractivity contribution in [1.82, 2.24) is 4.90 Å². The van der Waals surface area contributed by atoms with Gasteiger partial charge in [0.25, 0.3) is 0 Å². The number of nitrogens with zero attached hydrogens (tertiary/aromatic N) is 1. The van der Waals surface area contributed by atoms with Gasteiger partial charge in [0.15, 0.2) is 0 Å². The number of nitrogens with two attached hydrogens (primary N) is 1. The normalized spacial score (nSPS) is 12.8. The Morgan fingerprint density at radius 1 is 0.243 bits per heavy atom. The Labute approximate surface area is 929 Å². The van der Waals surface area contributed by atoms with E-state index in [2.05, 4.69) is 552 Å². The molecular formula is C139H314N2O3. The Balaban J connectivity index is -0.0000000676. The average molecular weight is 2060 g/mol. The number of primary amides is 1. The van der Waals surface area contributed by atoms with Crippen LogP contribution < -0.4 is 5.73 Å². The van der Waals surface area contributed by atoms with Crippen molar-refractivity contribution >= 4 is 11.7 Å². The maximum Gasteiger partial charge on any atom is 0.220 e. The summed E-state index contributed by atoms with van der Waals surface area (Å²) >= 11 is 0. The molecule has 0 rings (SSSR count). The topological polar surface area (TPSA) is 83.6 Å². The van der Waals surface area contributed by atoms with E-state index in [9.17, 15) is 9.59 Å². The first kappa shape index (κ1) is 188. The van der Waals surface area contributed by atoms with Crippen molar-refractivity contribution in [3.05, 3.63) is 0 Å². The molecule has 0 aliphatic carbocycles. The van der Waals surface area contributed by atoms with Crippen molar-refractivity contribution in [2.75, 3.05) is 27.2 Å². The van der Waals surface area contributed by atoms with Crippen LogP contribution in [-0.2, 0) is 9.59 Å². The van der Waals surface area contributed by atoms with Gasteiger partial charge in [-0.05, 0) is 218 Å². The second-order valence-electron chi connectivity index (χ2n) is 66.6. The summed E-state index contributed by atoms with van der Waals surface area (Å²) in [6, 6.07) is 0. The number of hydrogen-bond donors (Lipinski definition) is 2. The summed E-state index contributed by atoms with van der Waals surface area (Å²) in [6.07, 6.45) is 38.2. The van der Waals surface area contributed by atoms with Crippen LogP contribution >= 0.6 is 0 Å². The molecule has 0 aliphatic rings. The van der Waals surface area contributed by atoms with E-state index < -0.39 is 0 Å². The van der Waals surface area contributed by atoms with Gasteiger partial charge in [-0.3, -0.25) is 9.59 Å². The molecular weight excluding hydrogens is 1750 g/mol. The third-order valence-corrected chi connectivity index (χ3v) is 23.7. The molecule has 0 saturated heterocycles. The summed E-state index contributed by atoms with van der Waals surface area (Å²) < 4.78 is 0. The van der Waals surface area contributed by atoms with Crippen LogP contribution in [0.4, 0.5) is 0 Å². The fourth-order valence-electron chi connectivity index (χ4n) is 10.8. The molecule has 0 saturated carbocycles. The van der Waals surface area contributed by atoms with Gasteiger partial charge in [0, 0.05) is 31.9 Å². The lowest BCUT2D eigenvalue weighted by atomic mass is 9.82. The third kappa shape index (κ3) is 300. The van der Waals surface area contributed by atoms with Crippen LogP contribution in [0.25, 0.3) is 0 Å². The number of carbonyl (C=O) groups is 2. The van der Waals surface area contributed by atoms with E-state index in [4.69, 9.17) is 10.8 Å². The molecule has 0 bridgehead atoms. The van der Waals surface area contributed by atoms with Gasteiger partial charge in [0.1, 0.15) is 5.78 Å². The molecule has 898 valence electrons. The van der Waals surface area contributed by atoms with Gasteiger partial charge in [-0.15, -0.1) is 0 Å². The fourth-order valence-corrected chi connectivity index (χ4v) is 10.8. The van der Waals surface area contributed by atoms with Crippen LogP contribution in [0.2, 0.25) is 0 Å². The van der Waals surface area contributed by atoms with Gasteiger partial charge >= 0.3 is 0 Å². The Morgan fingerprint density at radius 2 is 0.431 bits per heavy atom. The molecule has 3 unspecified atom stereocenters. The van der Waals surface area contributed by atoms with E-state index in [-0.39, 0.29) is 22.7 Å². The van der Waals surface area contributed by atoms with Gasteiger partial charge in [-0.25, -0.2) is 0 Å². The molecule has 3 atom stereocenters. The highest BCUT2D eigenvalue weighted by molar-refractivity contribution is 5.78. The van der Waals surface area contributed by atoms with Crippen LogP contribution in [-0.4, -0.2) is 48.9 Å². The molecule has 0 aliphatic heterocycles. The van der Waals surface area contributed by atoms with Crippen LogP contribution in [0.15, 0.2) is 0 Å². The number of unbranched alkanes of at least 4 members (excludes halogenated alkanes) is 3. The zero-order chi connectivity index (χ0) is 121. The molecule has 0 aromatic carbocycles. The summed E-state index contributed by atoms with van der Waals surface area (Å²) in [7, 11) is 4.20. The number of amides is 1. The molecule has 0 aromatic rings. The molecule has 0 radical (unpaired) electrons. The van der Waals surface area contributed by atoms with E-state index in [0.29, 0.717) is 123 Å².